The largest absolute Gasteiger partial charge is 0.497 e. The Morgan fingerprint density at radius 1 is 1.07 bits per heavy atom. The van der Waals surface area contributed by atoms with E-state index in [9.17, 15) is 14.4 Å². The van der Waals surface area contributed by atoms with Gasteiger partial charge >= 0.3 is 0 Å². The van der Waals surface area contributed by atoms with Gasteiger partial charge in [-0.15, -0.1) is 0 Å². The second kappa shape index (κ2) is 14.1. The molecule has 0 radical (unpaired) electrons. The first-order valence-electron chi connectivity index (χ1n) is 14.9. The maximum Gasteiger partial charge on any atom is 0.256 e. The molecule has 42 heavy (non-hydrogen) atoms. The number of morpholine rings is 1. The average molecular weight is 579 g/mol. The van der Waals surface area contributed by atoms with Gasteiger partial charge in [-0.1, -0.05) is 0 Å². The lowest BCUT2D eigenvalue weighted by molar-refractivity contribution is -0.125. The average Bonchev–Trinajstić information content (AvgIpc) is 3.48. The summed E-state index contributed by atoms with van der Waals surface area (Å²) < 4.78 is 10.8. The zero-order chi connectivity index (χ0) is 29.5. The smallest absolute Gasteiger partial charge is 0.256 e. The lowest BCUT2D eigenvalue weighted by atomic mass is 9.91. The Balaban J connectivity index is 1.39. The lowest BCUT2D eigenvalue weighted by Crippen LogP contribution is -2.50. The van der Waals surface area contributed by atoms with E-state index in [-0.39, 0.29) is 42.4 Å². The summed E-state index contributed by atoms with van der Waals surface area (Å²) in [4.78, 5) is 51.3. The molecule has 11 nitrogen and oxygen atoms in total. The van der Waals surface area contributed by atoms with Gasteiger partial charge in [-0.25, -0.2) is 0 Å². The van der Waals surface area contributed by atoms with Gasteiger partial charge in [0, 0.05) is 62.8 Å². The van der Waals surface area contributed by atoms with E-state index < -0.39 is 6.04 Å². The van der Waals surface area contributed by atoms with Gasteiger partial charge in [-0.05, 0) is 68.5 Å². The van der Waals surface area contributed by atoms with Crippen molar-refractivity contribution in [3.05, 3.63) is 59.9 Å². The molecule has 2 aliphatic heterocycles. The number of pyridine rings is 1. The summed E-state index contributed by atoms with van der Waals surface area (Å²) in [5, 5.41) is 3.19. The summed E-state index contributed by atoms with van der Waals surface area (Å²) in [7, 11) is 1.59. The predicted molar refractivity (Wildman–Crippen MR) is 157 cm³/mol. The summed E-state index contributed by atoms with van der Waals surface area (Å²) in [6.07, 6.45) is 6.86. The molecule has 0 bridgehead atoms. The molecule has 5 rings (SSSR count). The third kappa shape index (κ3) is 7.26. The van der Waals surface area contributed by atoms with Gasteiger partial charge in [0.25, 0.3) is 11.8 Å². The fourth-order valence-electron chi connectivity index (χ4n) is 6.15. The summed E-state index contributed by atoms with van der Waals surface area (Å²) in [6.45, 7) is 4.34. The molecule has 1 aliphatic carbocycles. The van der Waals surface area contributed by atoms with Gasteiger partial charge in [0.1, 0.15) is 11.8 Å². The number of aromatic nitrogens is 1. The van der Waals surface area contributed by atoms with Gasteiger partial charge in [0.2, 0.25) is 5.91 Å². The number of nitrogens with zero attached hydrogens (tertiary/aromatic N) is 4. The maximum absolute atomic E-state index is 14.0. The van der Waals surface area contributed by atoms with E-state index in [1.807, 2.05) is 4.90 Å². The molecule has 1 aromatic heterocycles. The second-order valence-corrected chi connectivity index (χ2v) is 11.4. The molecule has 1 aromatic carbocycles. The van der Waals surface area contributed by atoms with Crippen LogP contribution in [0.1, 0.15) is 52.8 Å². The summed E-state index contributed by atoms with van der Waals surface area (Å²) >= 11 is 0. The van der Waals surface area contributed by atoms with Crippen molar-refractivity contribution in [3.63, 3.8) is 0 Å². The molecule has 3 heterocycles. The first-order chi connectivity index (χ1) is 20.4. The van der Waals surface area contributed by atoms with Gasteiger partial charge in [0.05, 0.1) is 31.9 Å². The van der Waals surface area contributed by atoms with Crippen molar-refractivity contribution < 1.29 is 23.9 Å². The van der Waals surface area contributed by atoms with Crippen LogP contribution in [0.25, 0.3) is 0 Å². The van der Waals surface area contributed by atoms with Crippen LogP contribution in [0.2, 0.25) is 0 Å². The number of carbonyl (C=O) groups excluding carboxylic acids is 3. The minimum Gasteiger partial charge on any atom is -0.497 e. The molecular formula is C31H42N6O5. The Bertz CT molecular complexity index is 1200. The third-order valence-corrected chi connectivity index (χ3v) is 8.67. The molecule has 2 atom stereocenters. The number of ether oxygens (including phenoxy) is 2. The van der Waals surface area contributed by atoms with Gasteiger partial charge in [-0.3, -0.25) is 24.3 Å². The zero-order valence-corrected chi connectivity index (χ0v) is 24.3. The molecule has 3 fully saturated rings. The number of amides is 3. The van der Waals surface area contributed by atoms with Crippen molar-refractivity contribution in [1.82, 2.24) is 25.0 Å². The number of hydrogen-bond acceptors (Lipinski definition) is 8. The Hall–Kier alpha value is -3.54. The molecular weight excluding hydrogens is 536 g/mol. The predicted octanol–water partition coefficient (Wildman–Crippen LogP) is 1.53. The number of nitrogens with two attached hydrogens (primary N) is 1. The van der Waals surface area contributed by atoms with E-state index in [1.165, 1.54) is 6.20 Å². The van der Waals surface area contributed by atoms with Crippen molar-refractivity contribution >= 4 is 17.7 Å². The van der Waals surface area contributed by atoms with Crippen LogP contribution in [0.3, 0.4) is 0 Å². The van der Waals surface area contributed by atoms with Crippen LogP contribution >= 0.6 is 0 Å². The summed E-state index contributed by atoms with van der Waals surface area (Å²) in [6, 6.07) is 9.64. The number of methoxy groups -OCH3 is 1. The number of likely N-dealkylation sites (tertiary alicyclic amines) is 1. The van der Waals surface area contributed by atoms with Crippen LogP contribution in [-0.4, -0.2) is 115 Å². The third-order valence-electron chi connectivity index (χ3n) is 8.67. The standard InChI is InChI=1S/C31H42N6O5/c1-41-27-10-4-22(5-11-27)30(39)36(14-13-35-15-17-42-18-16-35)26-19-28(29(38)34-25-8-6-24(32)7-9-25)37(21-26)31(40)23-3-2-12-33-20-23/h2-5,10-12,20,24-26,28H,6-9,13-19,21,32H2,1H3,(H,34,38). The Morgan fingerprint density at radius 3 is 2.48 bits per heavy atom. The minimum absolute atomic E-state index is 0.0325. The minimum atomic E-state index is -0.701. The van der Waals surface area contributed by atoms with Crippen LogP contribution in [0.5, 0.6) is 5.75 Å². The highest BCUT2D eigenvalue weighted by molar-refractivity contribution is 5.98. The number of rotatable bonds is 9. The van der Waals surface area contributed by atoms with Crippen molar-refractivity contribution in [2.75, 3.05) is 53.0 Å². The SMILES string of the molecule is COc1ccc(C(=O)N(CCN2CCOCC2)C2CC(C(=O)NC3CCC(N)CC3)N(C(=O)c3cccnc3)C2)cc1. The van der Waals surface area contributed by atoms with E-state index >= 15 is 0 Å². The van der Waals surface area contributed by atoms with E-state index in [0.717, 1.165) is 38.8 Å². The van der Waals surface area contributed by atoms with Gasteiger partial charge in [-0.2, -0.15) is 0 Å². The van der Waals surface area contributed by atoms with E-state index in [4.69, 9.17) is 15.2 Å². The second-order valence-electron chi connectivity index (χ2n) is 11.4. The van der Waals surface area contributed by atoms with Crippen LogP contribution in [0.15, 0.2) is 48.8 Å². The van der Waals surface area contributed by atoms with Crippen LogP contribution < -0.4 is 15.8 Å². The van der Waals surface area contributed by atoms with Crippen molar-refractivity contribution in [2.24, 2.45) is 5.73 Å². The fourth-order valence-corrected chi connectivity index (χ4v) is 6.15. The molecule has 226 valence electrons. The number of carbonyl (C=O) groups is 3. The highest BCUT2D eigenvalue weighted by atomic mass is 16.5. The number of hydrogen-bond donors (Lipinski definition) is 2. The van der Waals surface area contributed by atoms with E-state index in [2.05, 4.69) is 15.2 Å². The zero-order valence-electron chi connectivity index (χ0n) is 24.3. The Kier molecular flexibility index (Phi) is 10.0. The normalized spacial score (nSPS) is 24.7. The van der Waals surface area contributed by atoms with Crippen molar-refractivity contribution in [1.29, 1.82) is 0 Å². The fraction of sp³-hybridized carbons (Fsp3) is 0.548. The molecule has 0 spiro atoms. The quantitative estimate of drug-likeness (QED) is 0.458. The topological polar surface area (TPSA) is 130 Å². The first-order valence-corrected chi connectivity index (χ1v) is 14.9. The lowest BCUT2D eigenvalue weighted by Gasteiger charge is -2.33. The molecule has 2 unspecified atom stereocenters. The molecule has 2 saturated heterocycles. The monoisotopic (exact) mass is 578 g/mol. The van der Waals surface area contributed by atoms with Gasteiger partial charge in [0.15, 0.2) is 0 Å². The Morgan fingerprint density at radius 2 is 1.81 bits per heavy atom. The van der Waals surface area contributed by atoms with E-state index in [0.29, 0.717) is 49.6 Å². The van der Waals surface area contributed by atoms with Crippen molar-refractivity contribution in [2.45, 2.75) is 56.3 Å². The molecule has 2 aromatic rings. The molecule has 3 aliphatic rings. The van der Waals surface area contributed by atoms with Crippen LogP contribution in [0, 0.1) is 0 Å². The summed E-state index contributed by atoms with van der Waals surface area (Å²) in [5.74, 6) is 0.0922. The maximum atomic E-state index is 14.0. The molecule has 3 N–H and O–H groups in total. The van der Waals surface area contributed by atoms with Gasteiger partial charge < -0.3 is 30.3 Å². The van der Waals surface area contributed by atoms with Crippen LogP contribution in [0.4, 0.5) is 0 Å². The summed E-state index contributed by atoms with van der Waals surface area (Å²) in [5.41, 5.74) is 7.03. The molecule has 3 amide bonds. The van der Waals surface area contributed by atoms with E-state index in [1.54, 1.807) is 54.6 Å². The molecule has 1 saturated carbocycles. The van der Waals surface area contributed by atoms with Crippen molar-refractivity contribution in [3.8, 4) is 5.75 Å². The van der Waals surface area contributed by atoms with Crippen LogP contribution in [-0.2, 0) is 9.53 Å². The molecule has 11 heteroatoms. The first kappa shape index (κ1) is 29.9. The highest BCUT2D eigenvalue weighted by Crippen LogP contribution is 2.27. The number of benzene rings is 1. The Labute approximate surface area is 247 Å². The highest BCUT2D eigenvalue weighted by Gasteiger charge is 2.44. The number of nitrogens with one attached hydrogen (secondary N) is 1.